The first-order valence-corrected chi connectivity index (χ1v) is 10.4. The molecule has 0 aliphatic heterocycles. The number of nitrogens with zero attached hydrogens (tertiary/aromatic N) is 1. The fourth-order valence-electron chi connectivity index (χ4n) is 2.46. The zero-order chi connectivity index (χ0) is 21.4. The highest BCUT2D eigenvalue weighted by atomic mass is 35.5. The first-order chi connectivity index (χ1) is 13.8. The van der Waals surface area contributed by atoms with E-state index in [1.54, 1.807) is 11.3 Å². The third kappa shape index (κ3) is 7.32. The molecular weight excluding hydrogens is 435 g/mol. The van der Waals surface area contributed by atoms with E-state index in [1.807, 2.05) is 36.5 Å². The Bertz CT molecular complexity index is 859. The second-order valence-electron chi connectivity index (χ2n) is 6.38. The number of amides is 3. The van der Waals surface area contributed by atoms with Crippen molar-refractivity contribution in [2.75, 3.05) is 33.7 Å². The number of carbonyl (C=O) groups is 3. The summed E-state index contributed by atoms with van der Waals surface area (Å²) in [6.45, 7) is -0.0321. The SMILES string of the molecule is CN(C)[C@@H](CNC(=O)CNC(=O)CNC(=O)c1ccc(Cl)cc1Cl)c1cccs1. The van der Waals surface area contributed by atoms with Crippen molar-refractivity contribution in [3.63, 3.8) is 0 Å². The van der Waals surface area contributed by atoms with Crippen LogP contribution in [0, 0.1) is 0 Å². The minimum absolute atomic E-state index is 0.0538. The maximum atomic E-state index is 12.1. The van der Waals surface area contributed by atoms with Gasteiger partial charge in [0.15, 0.2) is 0 Å². The molecular formula is C19H22Cl2N4O3S. The smallest absolute Gasteiger partial charge is 0.253 e. The molecule has 10 heteroatoms. The van der Waals surface area contributed by atoms with Gasteiger partial charge in [-0.25, -0.2) is 0 Å². The van der Waals surface area contributed by atoms with Crippen LogP contribution in [0.5, 0.6) is 0 Å². The third-order valence-corrected chi connectivity index (χ3v) is 5.54. The van der Waals surface area contributed by atoms with Crippen LogP contribution >= 0.6 is 34.5 Å². The highest BCUT2D eigenvalue weighted by Crippen LogP contribution is 2.22. The van der Waals surface area contributed by atoms with Gasteiger partial charge in [0.05, 0.1) is 29.7 Å². The lowest BCUT2D eigenvalue weighted by molar-refractivity contribution is -0.125. The molecule has 29 heavy (non-hydrogen) atoms. The van der Waals surface area contributed by atoms with Crippen molar-refractivity contribution in [3.8, 4) is 0 Å². The molecule has 2 aromatic rings. The average Bonchev–Trinajstić information content (AvgIpc) is 3.18. The number of thiophene rings is 1. The molecule has 1 heterocycles. The van der Waals surface area contributed by atoms with E-state index in [-0.39, 0.29) is 35.6 Å². The van der Waals surface area contributed by atoms with E-state index in [2.05, 4.69) is 16.0 Å². The Morgan fingerprint density at radius 1 is 1.03 bits per heavy atom. The van der Waals surface area contributed by atoms with Gasteiger partial charge in [0.2, 0.25) is 11.8 Å². The second-order valence-corrected chi connectivity index (χ2v) is 8.21. The fourth-order valence-corrected chi connectivity index (χ4v) is 3.88. The minimum Gasteiger partial charge on any atom is -0.353 e. The molecule has 0 saturated carbocycles. The molecule has 2 rings (SSSR count). The van der Waals surface area contributed by atoms with E-state index in [0.29, 0.717) is 11.6 Å². The van der Waals surface area contributed by atoms with Gasteiger partial charge >= 0.3 is 0 Å². The van der Waals surface area contributed by atoms with E-state index < -0.39 is 11.8 Å². The number of halogens is 2. The van der Waals surface area contributed by atoms with Gasteiger partial charge in [0.1, 0.15) is 0 Å². The average molecular weight is 457 g/mol. The zero-order valence-corrected chi connectivity index (χ0v) is 18.3. The number of rotatable bonds is 9. The van der Waals surface area contributed by atoms with Crippen molar-refractivity contribution >= 4 is 52.3 Å². The van der Waals surface area contributed by atoms with Crippen LogP contribution in [0.4, 0.5) is 0 Å². The molecule has 1 aromatic heterocycles. The van der Waals surface area contributed by atoms with Gasteiger partial charge < -0.3 is 20.9 Å². The van der Waals surface area contributed by atoms with Crippen molar-refractivity contribution in [1.29, 1.82) is 0 Å². The lowest BCUT2D eigenvalue weighted by atomic mass is 10.2. The molecule has 0 fully saturated rings. The largest absolute Gasteiger partial charge is 0.353 e. The predicted molar refractivity (Wildman–Crippen MR) is 116 cm³/mol. The predicted octanol–water partition coefficient (Wildman–Crippen LogP) is 2.32. The van der Waals surface area contributed by atoms with E-state index >= 15 is 0 Å². The summed E-state index contributed by atoms with van der Waals surface area (Å²) in [4.78, 5) is 39.1. The Hall–Kier alpha value is -2.13. The van der Waals surface area contributed by atoms with Crippen LogP contribution in [0.1, 0.15) is 21.3 Å². The highest BCUT2D eigenvalue weighted by molar-refractivity contribution is 7.10. The fraction of sp³-hybridized carbons (Fsp3) is 0.316. The quantitative estimate of drug-likeness (QED) is 0.539. The normalized spacial score (nSPS) is 11.8. The maximum absolute atomic E-state index is 12.1. The molecule has 0 saturated heterocycles. The van der Waals surface area contributed by atoms with Crippen LogP contribution in [0.2, 0.25) is 10.0 Å². The van der Waals surface area contributed by atoms with Crippen LogP contribution in [0.3, 0.4) is 0 Å². The van der Waals surface area contributed by atoms with Crippen molar-refractivity contribution < 1.29 is 14.4 Å². The standard InChI is InChI=1S/C19H22Cl2N4O3S/c1-25(2)15(16-4-3-7-29-16)9-22-17(26)10-23-18(27)11-24-19(28)13-6-5-12(20)8-14(13)21/h3-8,15H,9-11H2,1-2H3,(H,22,26)(H,23,27)(H,24,28)/t15-/m0/s1. The summed E-state index contributed by atoms with van der Waals surface area (Å²) in [5.41, 5.74) is 0.213. The van der Waals surface area contributed by atoms with Crippen LogP contribution in [0.25, 0.3) is 0 Å². The zero-order valence-electron chi connectivity index (χ0n) is 16.0. The molecule has 0 radical (unpaired) electrons. The topological polar surface area (TPSA) is 90.5 Å². The van der Waals surface area contributed by atoms with Gasteiger partial charge in [-0.15, -0.1) is 11.3 Å². The maximum Gasteiger partial charge on any atom is 0.253 e. The molecule has 0 unspecified atom stereocenters. The molecule has 0 bridgehead atoms. The van der Waals surface area contributed by atoms with E-state index in [1.165, 1.54) is 18.2 Å². The summed E-state index contributed by atoms with van der Waals surface area (Å²) in [5.74, 6) is -1.30. The number of benzene rings is 1. The number of likely N-dealkylation sites (N-methyl/N-ethyl adjacent to an activating group) is 1. The summed E-state index contributed by atoms with van der Waals surface area (Å²) in [7, 11) is 3.88. The second kappa shape index (κ2) is 11.2. The lowest BCUT2D eigenvalue weighted by Gasteiger charge is -2.23. The third-order valence-electron chi connectivity index (χ3n) is 4.02. The number of carbonyl (C=O) groups excluding carboxylic acids is 3. The van der Waals surface area contributed by atoms with Crippen LogP contribution in [0.15, 0.2) is 35.7 Å². The molecule has 0 aliphatic rings. The van der Waals surface area contributed by atoms with Gasteiger partial charge in [0, 0.05) is 16.4 Å². The Kier molecular flexibility index (Phi) is 8.91. The summed E-state index contributed by atoms with van der Waals surface area (Å²) in [5, 5.41) is 10.3. The highest BCUT2D eigenvalue weighted by Gasteiger charge is 2.17. The van der Waals surface area contributed by atoms with Gasteiger partial charge in [-0.05, 0) is 43.7 Å². The van der Waals surface area contributed by atoms with E-state index in [4.69, 9.17) is 23.2 Å². The first-order valence-electron chi connectivity index (χ1n) is 8.74. The summed E-state index contributed by atoms with van der Waals surface area (Å²) < 4.78 is 0. The molecule has 1 atom stereocenters. The Morgan fingerprint density at radius 2 is 1.72 bits per heavy atom. The summed E-state index contributed by atoms with van der Waals surface area (Å²) in [6.07, 6.45) is 0. The molecule has 156 valence electrons. The van der Waals surface area contributed by atoms with Crippen LogP contribution in [-0.2, 0) is 9.59 Å². The Labute approximate surface area is 183 Å². The van der Waals surface area contributed by atoms with Gasteiger partial charge in [-0.1, -0.05) is 29.3 Å². The Morgan fingerprint density at radius 3 is 2.34 bits per heavy atom. The number of hydrogen-bond donors (Lipinski definition) is 3. The molecule has 3 amide bonds. The van der Waals surface area contributed by atoms with E-state index in [9.17, 15) is 14.4 Å². The minimum atomic E-state index is -0.504. The number of nitrogens with one attached hydrogen (secondary N) is 3. The van der Waals surface area contributed by atoms with Crippen LogP contribution in [-0.4, -0.2) is 56.4 Å². The first kappa shape index (κ1) is 23.2. The summed E-state index contributed by atoms with van der Waals surface area (Å²) >= 11 is 13.4. The molecule has 3 N–H and O–H groups in total. The van der Waals surface area contributed by atoms with Gasteiger partial charge in [-0.3, -0.25) is 14.4 Å². The monoisotopic (exact) mass is 456 g/mol. The van der Waals surface area contributed by atoms with Crippen LogP contribution < -0.4 is 16.0 Å². The van der Waals surface area contributed by atoms with Gasteiger partial charge in [-0.2, -0.15) is 0 Å². The Balaban J connectivity index is 1.73. The van der Waals surface area contributed by atoms with Crippen molar-refractivity contribution in [1.82, 2.24) is 20.9 Å². The van der Waals surface area contributed by atoms with E-state index in [0.717, 1.165) is 4.88 Å². The van der Waals surface area contributed by atoms with Crippen molar-refractivity contribution in [3.05, 3.63) is 56.2 Å². The molecule has 1 aromatic carbocycles. The van der Waals surface area contributed by atoms with Crippen molar-refractivity contribution in [2.45, 2.75) is 6.04 Å². The number of hydrogen-bond acceptors (Lipinski definition) is 5. The molecule has 7 nitrogen and oxygen atoms in total. The molecule has 0 spiro atoms. The van der Waals surface area contributed by atoms with Gasteiger partial charge in [0.25, 0.3) is 5.91 Å². The lowest BCUT2D eigenvalue weighted by Crippen LogP contribution is -2.43. The van der Waals surface area contributed by atoms with Crippen molar-refractivity contribution in [2.24, 2.45) is 0 Å². The summed E-state index contributed by atoms with van der Waals surface area (Å²) in [6, 6.07) is 8.48. The molecule has 0 aliphatic carbocycles.